The normalized spacial score (nSPS) is 12.7. The van der Waals surface area contributed by atoms with Gasteiger partial charge >= 0.3 is 0 Å². The van der Waals surface area contributed by atoms with E-state index in [1.54, 1.807) is 53.9 Å². The third-order valence-electron chi connectivity index (χ3n) is 3.49. The Balaban J connectivity index is 1.83. The highest BCUT2D eigenvalue weighted by Gasteiger charge is 2.32. The van der Waals surface area contributed by atoms with Crippen molar-refractivity contribution >= 4 is 27.1 Å². The van der Waals surface area contributed by atoms with Crippen molar-refractivity contribution in [2.75, 3.05) is 6.54 Å². The minimum Gasteiger partial charge on any atom is -0.468 e. The first kappa shape index (κ1) is 16.5. The molecule has 0 fully saturated rings. The van der Waals surface area contributed by atoms with Crippen LogP contribution in [0.15, 0.2) is 74.9 Å². The maximum atomic E-state index is 12.8. The molecule has 0 spiro atoms. The lowest BCUT2D eigenvalue weighted by Gasteiger charge is -2.15. The Kier molecular flexibility index (Phi) is 4.82. The van der Waals surface area contributed by atoms with E-state index >= 15 is 0 Å². The highest BCUT2D eigenvalue weighted by Crippen LogP contribution is 2.31. The van der Waals surface area contributed by atoms with Gasteiger partial charge in [0, 0.05) is 12.1 Å². The molecule has 0 radical (unpaired) electrons. The van der Waals surface area contributed by atoms with Crippen molar-refractivity contribution in [1.29, 1.82) is 0 Å². The summed E-state index contributed by atoms with van der Waals surface area (Å²) in [7, 11) is -3.65. The Morgan fingerprint density at radius 1 is 1.08 bits per heavy atom. The number of hydrogen-bond acceptors (Lipinski definition) is 5. The Morgan fingerprint density at radius 2 is 1.88 bits per heavy atom. The maximum absolute atomic E-state index is 12.8. The largest absolute Gasteiger partial charge is 0.468 e. The molecule has 0 saturated heterocycles. The van der Waals surface area contributed by atoms with Crippen molar-refractivity contribution < 1.29 is 17.6 Å². The minimum absolute atomic E-state index is 0.0680. The van der Waals surface area contributed by atoms with E-state index < -0.39 is 15.1 Å². The zero-order valence-corrected chi connectivity index (χ0v) is 14.2. The highest BCUT2D eigenvalue weighted by molar-refractivity contribution is 7.93. The predicted molar refractivity (Wildman–Crippen MR) is 91.7 cm³/mol. The first-order chi connectivity index (χ1) is 11.6. The highest BCUT2D eigenvalue weighted by atomic mass is 32.2. The topological polar surface area (TPSA) is 76.4 Å². The Morgan fingerprint density at radius 3 is 2.50 bits per heavy atom. The van der Waals surface area contributed by atoms with Gasteiger partial charge in [0.2, 0.25) is 0 Å². The standard InChI is InChI=1S/C17H15NO4S2/c19-17(13-6-2-1-3-7-13)18-12-15(14-8-4-10-22-14)24(20,21)16-9-5-11-23-16/h1-11,15H,12H2,(H,18,19)/t15-/m1/s1. The summed E-state index contributed by atoms with van der Waals surface area (Å²) in [5, 5.41) is 3.41. The van der Waals surface area contributed by atoms with Gasteiger partial charge < -0.3 is 9.73 Å². The molecule has 3 aromatic rings. The van der Waals surface area contributed by atoms with Crippen LogP contribution in [-0.2, 0) is 9.84 Å². The van der Waals surface area contributed by atoms with E-state index in [0.29, 0.717) is 11.3 Å². The molecule has 1 amide bonds. The summed E-state index contributed by atoms with van der Waals surface area (Å²) in [6, 6.07) is 15.1. The van der Waals surface area contributed by atoms with Gasteiger partial charge in [-0.25, -0.2) is 8.42 Å². The van der Waals surface area contributed by atoms with E-state index in [0.717, 1.165) is 11.3 Å². The second-order valence-electron chi connectivity index (χ2n) is 5.06. The number of rotatable bonds is 6. The lowest BCUT2D eigenvalue weighted by Crippen LogP contribution is -2.31. The Hall–Kier alpha value is -2.38. The lowest BCUT2D eigenvalue weighted by molar-refractivity contribution is 0.0953. The number of carbonyl (C=O) groups is 1. The monoisotopic (exact) mass is 361 g/mol. The molecule has 1 atom stereocenters. The van der Waals surface area contributed by atoms with Gasteiger partial charge in [-0.3, -0.25) is 4.79 Å². The van der Waals surface area contributed by atoms with E-state index in [-0.39, 0.29) is 16.7 Å². The molecule has 124 valence electrons. The third kappa shape index (κ3) is 3.42. The summed E-state index contributed by atoms with van der Waals surface area (Å²) in [6.45, 7) is -0.0680. The molecule has 0 saturated carbocycles. The van der Waals surface area contributed by atoms with Crippen LogP contribution in [0, 0.1) is 0 Å². The average Bonchev–Trinajstić information content (AvgIpc) is 3.29. The molecule has 0 aliphatic carbocycles. The summed E-state index contributed by atoms with van der Waals surface area (Å²) < 4.78 is 31.2. The molecule has 1 aromatic carbocycles. The van der Waals surface area contributed by atoms with E-state index in [1.165, 1.54) is 6.26 Å². The van der Waals surface area contributed by atoms with Crippen LogP contribution in [0.2, 0.25) is 0 Å². The number of furan rings is 1. The second kappa shape index (κ2) is 7.02. The van der Waals surface area contributed by atoms with Crippen LogP contribution in [0.4, 0.5) is 0 Å². The van der Waals surface area contributed by atoms with Gasteiger partial charge in [0.25, 0.3) is 5.91 Å². The Bertz CT molecular complexity index is 885. The van der Waals surface area contributed by atoms with Crippen LogP contribution >= 0.6 is 11.3 Å². The van der Waals surface area contributed by atoms with E-state index in [2.05, 4.69) is 5.32 Å². The van der Waals surface area contributed by atoms with Crippen LogP contribution in [0.1, 0.15) is 21.4 Å². The molecule has 24 heavy (non-hydrogen) atoms. The molecule has 1 N–H and O–H groups in total. The number of benzene rings is 1. The summed E-state index contributed by atoms with van der Waals surface area (Å²) in [4.78, 5) is 12.2. The molecular formula is C17H15NO4S2. The SMILES string of the molecule is O=C(NC[C@H](c1ccco1)S(=O)(=O)c1cccs1)c1ccccc1. The first-order valence-corrected chi connectivity index (χ1v) is 9.65. The van der Waals surface area contributed by atoms with E-state index in [4.69, 9.17) is 4.42 Å². The molecule has 0 aliphatic rings. The number of thiophene rings is 1. The summed E-state index contributed by atoms with van der Waals surface area (Å²) in [6.07, 6.45) is 1.42. The molecule has 5 nitrogen and oxygen atoms in total. The quantitative estimate of drug-likeness (QED) is 0.731. The van der Waals surface area contributed by atoms with Crippen LogP contribution in [0.25, 0.3) is 0 Å². The van der Waals surface area contributed by atoms with Crippen molar-refractivity contribution in [3.05, 3.63) is 77.6 Å². The van der Waals surface area contributed by atoms with Crippen molar-refractivity contribution in [3.63, 3.8) is 0 Å². The Labute approximate surface area is 143 Å². The van der Waals surface area contributed by atoms with Crippen LogP contribution < -0.4 is 5.32 Å². The van der Waals surface area contributed by atoms with Crippen LogP contribution in [0.3, 0.4) is 0 Å². The van der Waals surface area contributed by atoms with Crippen molar-refractivity contribution in [2.24, 2.45) is 0 Å². The van der Waals surface area contributed by atoms with Gasteiger partial charge in [-0.2, -0.15) is 0 Å². The number of carbonyl (C=O) groups excluding carboxylic acids is 1. The molecule has 2 aromatic heterocycles. The summed E-state index contributed by atoms with van der Waals surface area (Å²) >= 11 is 1.14. The first-order valence-electron chi connectivity index (χ1n) is 7.23. The van der Waals surface area contributed by atoms with Gasteiger partial charge in [0.15, 0.2) is 9.84 Å². The molecule has 0 unspecified atom stereocenters. The zero-order valence-electron chi connectivity index (χ0n) is 12.6. The van der Waals surface area contributed by atoms with Crippen molar-refractivity contribution in [1.82, 2.24) is 5.32 Å². The third-order valence-corrected chi connectivity index (χ3v) is 6.99. The van der Waals surface area contributed by atoms with Gasteiger partial charge in [0.1, 0.15) is 15.2 Å². The molecule has 0 bridgehead atoms. The van der Waals surface area contributed by atoms with Gasteiger partial charge in [0.05, 0.1) is 6.26 Å². The second-order valence-corrected chi connectivity index (χ2v) is 8.36. The molecule has 3 rings (SSSR count). The summed E-state index contributed by atoms with van der Waals surface area (Å²) in [5.74, 6) is -0.0229. The van der Waals surface area contributed by atoms with Gasteiger partial charge in [-0.15, -0.1) is 11.3 Å². The van der Waals surface area contributed by atoms with Crippen LogP contribution in [-0.4, -0.2) is 20.9 Å². The minimum atomic E-state index is -3.65. The number of nitrogens with one attached hydrogen (secondary N) is 1. The average molecular weight is 361 g/mol. The smallest absolute Gasteiger partial charge is 0.251 e. The fourth-order valence-electron chi connectivity index (χ4n) is 2.28. The fraction of sp³-hybridized carbons (Fsp3) is 0.118. The van der Waals surface area contributed by atoms with E-state index in [1.807, 2.05) is 6.07 Å². The van der Waals surface area contributed by atoms with E-state index in [9.17, 15) is 13.2 Å². The zero-order chi connectivity index (χ0) is 17.0. The molecule has 0 aliphatic heterocycles. The van der Waals surface area contributed by atoms with Crippen molar-refractivity contribution in [3.8, 4) is 0 Å². The predicted octanol–water partition coefficient (Wildman–Crippen LogP) is 3.29. The lowest BCUT2D eigenvalue weighted by atomic mass is 10.2. The van der Waals surface area contributed by atoms with Gasteiger partial charge in [-0.05, 0) is 35.7 Å². The molecule has 2 heterocycles. The summed E-state index contributed by atoms with van der Waals surface area (Å²) in [5.41, 5.74) is 0.476. The van der Waals surface area contributed by atoms with Crippen LogP contribution in [0.5, 0.6) is 0 Å². The maximum Gasteiger partial charge on any atom is 0.251 e. The van der Waals surface area contributed by atoms with Gasteiger partial charge in [-0.1, -0.05) is 24.3 Å². The molecule has 7 heteroatoms. The number of amides is 1. The fourth-order valence-corrected chi connectivity index (χ4v) is 5.07. The number of hydrogen-bond donors (Lipinski definition) is 1. The van der Waals surface area contributed by atoms with Crippen molar-refractivity contribution in [2.45, 2.75) is 9.46 Å². The number of sulfone groups is 1. The molecular weight excluding hydrogens is 346 g/mol.